The first-order valence-electron chi connectivity index (χ1n) is 11.6. The number of methoxy groups -OCH3 is 1. The third-order valence-electron chi connectivity index (χ3n) is 5.99. The fourth-order valence-corrected chi connectivity index (χ4v) is 4.00. The van der Waals surface area contributed by atoms with Crippen molar-refractivity contribution in [3.63, 3.8) is 0 Å². The van der Waals surface area contributed by atoms with Gasteiger partial charge in [0.15, 0.2) is 6.61 Å². The molecule has 0 saturated heterocycles. The smallest absolute Gasteiger partial charge is 0.343 e. The first-order valence-corrected chi connectivity index (χ1v) is 11.6. The normalized spacial score (nSPS) is 11.6. The van der Waals surface area contributed by atoms with Gasteiger partial charge in [0.2, 0.25) is 0 Å². The van der Waals surface area contributed by atoms with Gasteiger partial charge in [-0.25, -0.2) is 4.79 Å². The molecule has 4 nitrogen and oxygen atoms in total. The highest BCUT2D eigenvalue weighted by molar-refractivity contribution is 5.70. The van der Waals surface area contributed by atoms with Gasteiger partial charge >= 0.3 is 5.97 Å². The monoisotopic (exact) mass is 446 g/mol. The molecule has 1 unspecified atom stereocenters. The molecule has 1 atom stereocenters. The lowest BCUT2D eigenvalue weighted by atomic mass is 9.89. The maximum Gasteiger partial charge on any atom is 0.343 e. The summed E-state index contributed by atoms with van der Waals surface area (Å²) in [5.74, 6) is 1.77. The lowest BCUT2D eigenvalue weighted by Crippen LogP contribution is -2.13. The highest BCUT2D eigenvalue weighted by Crippen LogP contribution is 2.30. The molecule has 0 aliphatic rings. The highest BCUT2D eigenvalue weighted by Gasteiger charge is 2.13. The zero-order valence-corrected chi connectivity index (χ0v) is 20.1. The predicted molar refractivity (Wildman–Crippen MR) is 132 cm³/mol. The van der Waals surface area contributed by atoms with Crippen molar-refractivity contribution in [1.82, 2.24) is 0 Å². The predicted octanol–water partition coefficient (Wildman–Crippen LogP) is 6.56. The summed E-state index contributed by atoms with van der Waals surface area (Å²) in [6.07, 6.45) is 3.15. The number of aryl methyl sites for hydroxylation is 3. The first kappa shape index (κ1) is 24.4. The zero-order valence-electron chi connectivity index (χ0n) is 20.1. The van der Waals surface area contributed by atoms with Crippen LogP contribution in [0, 0.1) is 13.8 Å². The summed E-state index contributed by atoms with van der Waals surface area (Å²) in [5.41, 5.74) is 6.00. The van der Waals surface area contributed by atoms with Crippen molar-refractivity contribution < 1.29 is 19.0 Å². The van der Waals surface area contributed by atoms with Gasteiger partial charge in [-0.05, 0) is 79.0 Å². The number of hydrogen-bond donors (Lipinski definition) is 0. The Morgan fingerprint density at radius 1 is 0.848 bits per heavy atom. The van der Waals surface area contributed by atoms with Crippen LogP contribution in [0.5, 0.6) is 11.5 Å². The molecule has 0 saturated carbocycles. The molecule has 3 aromatic rings. The molecule has 0 heterocycles. The first-order chi connectivity index (χ1) is 16.0. The standard InChI is InChI=1S/C29H34O4/c1-5-25(13-11-23-12-15-27(21(2)17-23)33-20-29(30)31-4)26-14-16-28(22(3)18-26)32-19-24-9-7-6-8-10-24/h6-10,12,14-18,25H,5,11,13,19-20H2,1-4H3. The summed E-state index contributed by atoms with van der Waals surface area (Å²) in [4.78, 5) is 11.3. The van der Waals surface area contributed by atoms with Crippen LogP contribution >= 0.6 is 0 Å². The van der Waals surface area contributed by atoms with E-state index in [-0.39, 0.29) is 12.6 Å². The SMILES string of the molecule is CCC(CCc1ccc(OCC(=O)OC)c(C)c1)c1ccc(OCc2ccccc2)c(C)c1. The average Bonchev–Trinajstić information content (AvgIpc) is 2.83. The van der Waals surface area contributed by atoms with Gasteiger partial charge in [0.25, 0.3) is 0 Å². The van der Waals surface area contributed by atoms with Crippen molar-refractivity contribution in [2.45, 2.75) is 52.6 Å². The average molecular weight is 447 g/mol. The van der Waals surface area contributed by atoms with E-state index in [0.29, 0.717) is 12.5 Å². The van der Waals surface area contributed by atoms with E-state index < -0.39 is 0 Å². The molecule has 0 spiro atoms. The largest absolute Gasteiger partial charge is 0.489 e. The number of rotatable bonds is 11. The number of hydrogen-bond acceptors (Lipinski definition) is 4. The molecule has 33 heavy (non-hydrogen) atoms. The van der Waals surface area contributed by atoms with E-state index in [4.69, 9.17) is 9.47 Å². The van der Waals surface area contributed by atoms with E-state index in [1.165, 1.54) is 29.4 Å². The van der Waals surface area contributed by atoms with Crippen LogP contribution in [0.1, 0.15) is 53.5 Å². The summed E-state index contributed by atoms with van der Waals surface area (Å²) in [7, 11) is 1.36. The quantitative estimate of drug-likeness (QED) is 0.313. The summed E-state index contributed by atoms with van der Waals surface area (Å²) in [6, 6.07) is 23.0. The third kappa shape index (κ3) is 7.11. The van der Waals surface area contributed by atoms with Crippen LogP contribution < -0.4 is 9.47 Å². The Morgan fingerprint density at radius 2 is 1.55 bits per heavy atom. The lowest BCUT2D eigenvalue weighted by Gasteiger charge is -2.18. The fraction of sp³-hybridized carbons (Fsp3) is 0.345. The van der Waals surface area contributed by atoms with Crippen LogP contribution in [0.2, 0.25) is 0 Å². The molecule has 0 aliphatic heterocycles. The van der Waals surface area contributed by atoms with E-state index in [1.54, 1.807) is 0 Å². The number of carbonyl (C=O) groups is 1. The van der Waals surface area contributed by atoms with Crippen molar-refractivity contribution in [1.29, 1.82) is 0 Å². The maximum absolute atomic E-state index is 11.3. The summed E-state index contributed by atoms with van der Waals surface area (Å²) in [6.45, 7) is 6.88. The van der Waals surface area contributed by atoms with E-state index >= 15 is 0 Å². The molecule has 0 bridgehead atoms. The van der Waals surface area contributed by atoms with Crippen molar-refractivity contribution in [3.8, 4) is 11.5 Å². The molecular formula is C29H34O4. The van der Waals surface area contributed by atoms with Crippen molar-refractivity contribution in [2.24, 2.45) is 0 Å². The summed E-state index contributed by atoms with van der Waals surface area (Å²) >= 11 is 0. The van der Waals surface area contributed by atoms with Gasteiger partial charge in [0, 0.05) is 0 Å². The minimum Gasteiger partial charge on any atom is -0.489 e. The Balaban J connectivity index is 1.58. The third-order valence-corrected chi connectivity index (χ3v) is 5.99. The summed E-state index contributed by atoms with van der Waals surface area (Å²) in [5, 5.41) is 0. The number of esters is 1. The topological polar surface area (TPSA) is 44.8 Å². The van der Waals surface area contributed by atoms with E-state index in [9.17, 15) is 4.79 Å². The van der Waals surface area contributed by atoms with Gasteiger partial charge in [-0.15, -0.1) is 0 Å². The molecule has 4 heteroatoms. The van der Waals surface area contributed by atoms with Gasteiger partial charge in [-0.3, -0.25) is 0 Å². The zero-order chi connectivity index (χ0) is 23.6. The minimum absolute atomic E-state index is 0.0704. The number of ether oxygens (including phenoxy) is 3. The molecule has 3 rings (SSSR count). The van der Waals surface area contributed by atoms with Crippen LogP contribution in [-0.2, 0) is 22.6 Å². The Bertz CT molecular complexity index is 1040. The Hall–Kier alpha value is -3.27. The van der Waals surface area contributed by atoms with Gasteiger partial charge < -0.3 is 14.2 Å². The fourth-order valence-electron chi connectivity index (χ4n) is 4.00. The Labute approximate surface area is 197 Å². The lowest BCUT2D eigenvalue weighted by molar-refractivity contribution is -0.142. The Kier molecular flexibility index (Phi) is 8.94. The second-order valence-corrected chi connectivity index (χ2v) is 8.41. The van der Waals surface area contributed by atoms with E-state index in [2.05, 4.69) is 61.0 Å². The van der Waals surface area contributed by atoms with Gasteiger partial charge in [-0.1, -0.05) is 61.5 Å². The van der Waals surface area contributed by atoms with Crippen LogP contribution in [0.3, 0.4) is 0 Å². The van der Waals surface area contributed by atoms with Crippen molar-refractivity contribution in [3.05, 3.63) is 94.5 Å². The van der Waals surface area contributed by atoms with Gasteiger partial charge in [0.1, 0.15) is 18.1 Å². The molecular weight excluding hydrogens is 412 g/mol. The molecule has 0 N–H and O–H groups in total. The van der Waals surface area contributed by atoms with Gasteiger partial charge in [0.05, 0.1) is 7.11 Å². The molecule has 0 aliphatic carbocycles. The molecule has 174 valence electrons. The van der Waals surface area contributed by atoms with Crippen LogP contribution in [-0.4, -0.2) is 19.7 Å². The number of benzene rings is 3. The van der Waals surface area contributed by atoms with Gasteiger partial charge in [-0.2, -0.15) is 0 Å². The van der Waals surface area contributed by atoms with Crippen LogP contribution in [0.4, 0.5) is 0 Å². The molecule has 3 aromatic carbocycles. The Morgan fingerprint density at radius 3 is 2.21 bits per heavy atom. The molecule has 0 radical (unpaired) electrons. The minimum atomic E-state index is -0.379. The molecule has 0 aromatic heterocycles. The van der Waals surface area contributed by atoms with E-state index in [1.807, 2.05) is 31.2 Å². The van der Waals surface area contributed by atoms with E-state index in [0.717, 1.165) is 36.3 Å². The summed E-state index contributed by atoms with van der Waals surface area (Å²) < 4.78 is 16.2. The maximum atomic E-state index is 11.3. The highest BCUT2D eigenvalue weighted by atomic mass is 16.6. The second kappa shape index (κ2) is 12.1. The van der Waals surface area contributed by atoms with Crippen LogP contribution in [0.15, 0.2) is 66.7 Å². The number of carbonyl (C=O) groups excluding carboxylic acids is 1. The van der Waals surface area contributed by atoms with Crippen LogP contribution in [0.25, 0.3) is 0 Å². The molecule has 0 fully saturated rings. The van der Waals surface area contributed by atoms with Crippen molar-refractivity contribution in [2.75, 3.05) is 13.7 Å². The van der Waals surface area contributed by atoms with Crippen molar-refractivity contribution >= 4 is 5.97 Å². The second-order valence-electron chi connectivity index (χ2n) is 8.41. The molecule has 0 amide bonds.